The maximum absolute atomic E-state index is 13.9. The van der Waals surface area contributed by atoms with Gasteiger partial charge in [0, 0.05) is 19.5 Å². The SMILES string of the molecule is O=C(N/C(=C\c1ccccc1Cl)c1nc2c(Br)cc(Br)cc2c(=O)n1/N=C/c1ccccc1)c1ccccc1. The summed E-state index contributed by atoms with van der Waals surface area (Å²) in [6.45, 7) is 0. The van der Waals surface area contributed by atoms with E-state index in [4.69, 9.17) is 16.6 Å². The number of nitrogens with zero attached hydrogens (tertiary/aromatic N) is 3. The van der Waals surface area contributed by atoms with Crippen LogP contribution in [0.5, 0.6) is 0 Å². The fourth-order valence-corrected chi connectivity index (χ4v) is 5.34. The summed E-state index contributed by atoms with van der Waals surface area (Å²) < 4.78 is 2.49. The van der Waals surface area contributed by atoms with Crippen molar-refractivity contribution in [2.45, 2.75) is 0 Å². The van der Waals surface area contributed by atoms with E-state index in [9.17, 15) is 9.59 Å². The fourth-order valence-electron chi connectivity index (χ4n) is 3.84. The molecule has 0 bridgehead atoms. The van der Waals surface area contributed by atoms with Crippen LogP contribution < -0.4 is 10.9 Å². The summed E-state index contributed by atoms with van der Waals surface area (Å²) >= 11 is 13.4. The summed E-state index contributed by atoms with van der Waals surface area (Å²) in [5, 5.41) is 8.25. The molecule has 0 aliphatic carbocycles. The Morgan fingerprint density at radius 3 is 2.31 bits per heavy atom. The first-order valence-corrected chi connectivity index (χ1v) is 13.7. The minimum Gasteiger partial charge on any atom is -0.319 e. The lowest BCUT2D eigenvalue weighted by atomic mass is 10.1. The van der Waals surface area contributed by atoms with Crippen molar-refractivity contribution in [2.75, 3.05) is 0 Å². The minimum absolute atomic E-state index is 0.131. The molecule has 0 fully saturated rings. The molecule has 39 heavy (non-hydrogen) atoms. The van der Waals surface area contributed by atoms with Crippen LogP contribution in [-0.2, 0) is 0 Å². The van der Waals surface area contributed by atoms with Crippen LogP contribution in [0.4, 0.5) is 0 Å². The van der Waals surface area contributed by atoms with E-state index >= 15 is 0 Å². The Morgan fingerprint density at radius 1 is 0.923 bits per heavy atom. The van der Waals surface area contributed by atoms with Crippen molar-refractivity contribution in [3.05, 3.63) is 144 Å². The van der Waals surface area contributed by atoms with Crippen LogP contribution in [0.15, 0.2) is 116 Å². The molecule has 192 valence electrons. The second kappa shape index (κ2) is 11.9. The molecular weight excluding hydrogens is 644 g/mol. The van der Waals surface area contributed by atoms with Gasteiger partial charge < -0.3 is 5.32 Å². The zero-order valence-electron chi connectivity index (χ0n) is 20.2. The molecule has 0 spiro atoms. The van der Waals surface area contributed by atoms with Crippen molar-refractivity contribution in [3.63, 3.8) is 0 Å². The first kappa shape index (κ1) is 26.7. The maximum Gasteiger partial charge on any atom is 0.282 e. The number of aromatic nitrogens is 2. The van der Waals surface area contributed by atoms with Gasteiger partial charge in [-0.2, -0.15) is 9.78 Å². The molecule has 1 aromatic heterocycles. The summed E-state index contributed by atoms with van der Waals surface area (Å²) in [4.78, 5) is 32.0. The molecule has 0 radical (unpaired) electrons. The number of carbonyl (C=O) groups excluding carboxylic acids is 1. The zero-order valence-corrected chi connectivity index (χ0v) is 24.1. The van der Waals surface area contributed by atoms with E-state index in [0.29, 0.717) is 36.0 Å². The molecule has 9 heteroatoms. The number of nitrogens with one attached hydrogen (secondary N) is 1. The van der Waals surface area contributed by atoms with Gasteiger partial charge in [0.05, 0.1) is 22.8 Å². The topological polar surface area (TPSA) is 76.3 Å². The Kier molecular flexibility index (Phi) is 8.16. The third-order valence-corrected chi connectivity index (χ3v) is 7.13. The van der Waals surface area contributed by atoms with Crippen LogP contribution in [0.3, 0.4) is 0 Å². The molecule has 0 saturated carbocycles. The highest BCUT2D eigenvalue weighted by Gasteiger charge is 2.20. The number of hydrogen-bond acceptors (Lipinski definition) is 4. The van der Waals surface area contributed by atoms with Gasteiger partial charge in [0.25, 0.3) is 11.5 Å². The first-order valence-electron chi connectivity index (χ1n) is 11.7. The van der Waals surface area contributed by atoms with E-state index < -0.39 is 5.56 Å². The van der Waals surface area contributed by atoms with Gasteiger partial charge in [0.15, 0.2) is 5.82 Å². The molecule has 1 N–H and O–H groups in total. The van der Waals surface area contributed by atoms with Gasteiger partial charge in [-0.15, -0.1) is 0 Å². The van der Waals surface area contributed by atoms with Gasteiger partial charge in [0.2, 0.25) is 0 Å². The predicted octanol–water partition coefficient (Wildman–Crippen LogP) is 7.39. The molecular formula is C30H19Br2ClN4O2. The standard InChI is InChI=1S/C30H19Br2ClN4O2/c31-22-16-23-27(24(32)17-22)36-28(37(30(23)39)34-18-19-9-3-1-4-10-19)26(15-21-13-7-8-14-25(21)33)35-29(38)20-11-5-2-6-12-20/h1-18H,(H,35,38)/b26-15-,34-18+. The highest BCUT2D eigenvalue weighted by atomic mass is 79.9. The van der Waals surface area contributed by atoms with Gasteiger partial charge in [-0.05, 0) is 63.5 Å². The lowest BCUT2D eigenvalue weighted by Gasteiger charge is -2.15. The van der Waals surface area contributed by atoms with E-state index in [1.54, 1.807) is 60.8 Å². The summed E-state index contributed by atoms with van der Waals surface area (Å²) in [6.07, 6.45) is 3.25. The van der Waals surface area contributed by atoms with Crippen molar-refractivity contribution < 1.29 is 4.79 Å². The number of hydrogen-bond donors (Lipinski definition) is 1. The van der Waals surface area contributed by atoms with E-state index in [1.165, 1.54) is 4.68 Å². The fraction of sp³-hybridized carbons (Fsp3) is 0. The second-order valence-electron chi connectivity index (χ2n) is 8.39. The van der Waals surface area contributed by atoms with Crippen LogP contribution in [0, 0.1) is 0 Å². The summed E-state index contributed by atoms with van der Waals surface area (Å²) in [5.74, 6) is -0.247. The molecule has 5 rings (SSSR count). The number of rotatable bonds is 6. The number of carbonyl (C=O) groups is 1. The Balaban J connectivity index is 1.77. The summed E-state index contributed by atoms with van der Waals surface area (Å²) in [7, 11) is 0. The van der Waals surface area contributed by atoms with Crippen LogP contribution in [0.2, 0.25) is 5.02 Å². The van der Waals surface area contributed by atoms with Crippen molar-refractivity contribution in [1.82, 2.24) is 15.0 Å². The number of amides is 1. The normalized spacial score (nSPS) is 11.7. The van der Waals surface area contributed by atoms with Gasteiger partial charge >= 0.3 is 0 Å². The van der Waals surface area contributed by atoms with Gasteiger partial charge in [0.1, 0.15) is 0 Å². The van der Waals surface area contributed by atoms with Crippen molar-refractivity contribution in [1.29, 1.82) is 0 Å². The van der Waals surface area contributed by atoms with Gasteiger partial charge in [-0.25, -0.2) is 4.98 Å². The molecule has 0 aliphatic heterocycles. The van der Waals surface area contributed by atoms with E-state index in [1.807, 2.05) is 48.5 Å². The quantitative estimate of drug-likeness (QED) is 0.193. The smallest absolute Gasteiger partial charge is 0.282 e. The number of fused-ring (bicyclic) bond motifs is 1. The monoisotopic (exact) mass is 660 g/mol. The minimum atomic E-state index is -0.414. The average Bonchev–Trinajstić information content (AvgIpc) is 2.94. The Morgan fingerprint density at radius 2 is 1.59 bits per heavy atom. The second-order valence-corrected chi connectivity index (χ2v) is 10.6. The Labute approximate surface area is 245 Å². The van der Waals surface area contributed by atoms with E-state index in [0.717, 1.165) is 5.56 Å². The Hall–Kier alpha value is -3.85. The Bertz CT molecular complexity index is 1800. The molecule has 1 heterocycles. The molecule has 4 aromatic carbocycles. The van der Waals surface area contributed by atoms with Crippen molar-refractivity contribution >= 4 is 78.3 Å². The first-order chi connectivity index (χ1) is 18.9. The number of halogens is 3. The largest absolute Gasteiger partial charge is 0.319 e. The predicted molar refractivity (Wildman–Crippen MR) is 164 cm³/mol. The zero-order chi connectivity index (χ0) is 27.4. The van der Waals surface area contributed by atoms with Crippen LogP contribution in [-0.4, -0.2) is 21.8 Å². The molecule has 0 aliphatic rings. The summed E-state index contributed by atoms with van der Waals surface area (Å²) in [5.41, 5.74) is 2.11. The molecule has 6 nitrogen and oxygen atoms in total. The van der Waals surface area contributed by atoms with Crippen LogP contribution >= 0.6 is 43.5 Å². The highest BCUT2D eigenvalue weighted by Crippen LogP contribution is 2.28. The van der Waals surface area contributed by atoms with Gasteiger partial charge in [-0.3, -0.25) is 9.59 Å². The van der Waals surface area contributed by atoms with Crippen molar-refractivity contribution in [2.24, 2.45) is 5.10 Å². The molecule has 1 amide bonds. The van der Waals surface area contributed by atoms with Gasteiger partial charge in [-0.1, -0.05) is 94.3 Å². The molecule has 0 saturated heterocycles. The third-order valence-electron chi connectivity index (χ3n) is 5.72. The summed E-state index contributed by atoms with van der Waals surface area (Å²) in [6, 6.07) is 28.8. The average molecular weight is 663 g/mol. The van der Waals surface area contributed by atoms with Crippen LogP contribution in [0.1, 0.15) is 27.3 Å². The highest BCUT2D eigenvalue weighted by molar-refractivity contribution is 9.11. The van der Waals surface area contributed by atoms with E-state index in [-0.39, 0.29) is 17.4 Å². The lowest BCUT2D eigenvalue weighted by Crippen LogP contribution is -2.29. The number of benzene rings is 4. The van der Waals surface area contributed by atoms with Crippen molar-refractivity contribution in [3.8, 4) is 0 Å². The third kappa shape index (κ3) is 6.09. The molecule has 0 atom stereocenters. The molecule has 5 aromatic rings. The van der Waals surface area contributed by atoms with E-state index in [2.05, 4.69) is 42.3 Å². The molecule has 0 unspecified atom stereocenters. The maximum atomic E-state index is 13.9. The van der Waals surface area contributed by atoms with Crippen LogP contribution in [0.25, 0.3) is 22.7 Å². The lowest BCUT2D eigenvalue weighted by molar-refractivity contribution is 0.0973.